The zero-order chi connectivity index (χ0) is 18.7. The fourth-order valence-corrected chi connectivity index (χ4v) is 4.84. The summed E-state index contributed by atoms with van der Waals surface area (Å²) >= 11 is 0. The van der Waals surface area contributed by atoms with E-state index in [-0.39, 0.29) is 0 Å². The number of anilines is 1. The molecule has 0 bridgehead atoms. The number of nitrogens with zero attached hydrogens (tertiary/aromatic N) is 4. The summed E-state index contributed by atoms with van der Waals surface area (Å²) in [7, 11) is 0. The first-order chi connectivity index (χ1) is 13.2. The van der Waals surface area contributed by atoms with Crippen LogP contribution in [0.2, 0.25) is 0 Å². The van der Waals surface area contributed by atoms with Crippen molar-refractivity contribution in [2.75, 3.05) is 38.0 Å². The Kier molecular flexibility index (Phi) is 5.62. The van der Waals surface area contributed by atoms with Gasteiger partial charge in [0.15, 0.2) is 0 Å². The standard InChI is InChI=1S/C21H33N5O/c1-2-9-22-20-23-12-17(13-24-20)14-25-10-4-7-21(15-25)8-11-26(16-21)19(27)18-5-3-6-18/h12-13,18H,2-11,14-16H2,1H3,(H,22,23,24)/t21-/m0/s1. The minimum atomic E-state index is 0.307. The number of carbonyl (C=O) groups is 1. The van der Waals surface area contributed by atoms with Crippen molar-refractivity contribution in [3.63, 3.8) is 0 Å². The lowest BCUT2D eigenvalue weighted by molar-refractivity contribution is -0.137. The molecule has 3 aliphatic rings. The molecule has 3 fully saturated rings. The van der Waals surface area contributed by atoms with E-state index in [9.17, 15) is 4.79 Å². The highest BCUT2D eigenvalue weighted by atomic mass is 16.2. The van der Waals surface area contributed by atoms with Gasteiger partial charge in [0.1, 0.15) is 0 Å². The maximum absolute atomic E-state index is 12.6. The molecule has 2 saturated heterocycles. The zero-order valence-electron chi connectivity index (χ0n) is 16.6. The van der Waals surface area contributed by atoms with Crippen LogP contribution in [-0.4, -0.2) is 58.4 Å². The quantitative estimate of drug-likeness (QED) is 0.833. The summed E-state index contributed by atoms with van der Waals surface area (Å²) in [5.74, 6) is 1.48. The molecule has 1 atom stereocenters. The maximum atomic E-state index is 12.6. The van der Waals surface area contributed by atoms with E-state index in [4.69, 9.17) is 0 Å². The van der Waals surface area contributed by atoms with Gasteiger partial charge >= 0.3 is 0 Å². The summed E-state index contributed by atoms with van der Waals surface area (Å²) in [5, 5.41) is 3.23. The average Bonchev–Trinajstić information content (AvgIpc) is 3.03. The summed E-state index contributed by atoms with van der Waals surface area (Å²) in [5.41, 5.74) is 1.48. The highest BCUT2D eigenvalue weighted by molar-refractivity contribution is 5.80. The third-order valence-corrected chi connectivity index (χ3v) is 6.59. The molecule has 1 spiro atoms. The van der Waals surface area contributed by atoms with Crippen LogP contribution < -0.4 is 5.32 Å². The molecule has 1 N–H and O–H groups in total. The summed E-state index contributed by atoms with van der Waals surface area (Å²) in [6.07, 6.45) is 12.1. The lowest BCUT2D eigenvalue weighted by Gasteiger charge is -2.40. The molecule has 1 amide bonds. The lowest BCUT2D eigenvalue weighted by atomic mass is 9.79. The van der Waals surface area contributed by atoms with Crippen molar-refractivity contribution in [1.82, 2.24) is 19.8 Å². The van der Waals surface area contributed by atoms with Crippen molar-refractivity contribution in [2.24, 2.45) is 11.3 Å². The molecular weight excluding hydrogens is 338 g/mol. The van der Waals surface area contributed by atoms with Crippen LogP contribution in [0.5, 0.6) is 0 Å². The van der Waals surface area contributed by atoms with Gasteiger partial charge in [0.2, 0.25) is 11.9 Å². The Bertz CT molecular complexity index is 644. The predicted octanol–water partition coefficient (Wildman–Crippen LogP) is 2.91. The van der Waals surface area contributed by atoms with E-state index in [1.54, 1.807) is 0 Å². The van der Waals surface area contributed by atoms with Gasteiger partial charge in [-0.25, -0.2) is 9.97 Å². The van der Waals surface area contributed by atoms with Crippen molar-refractivity contribution in [1.29, 1.82) is 0 Å². The Morgan fingerprint density at radius 1 is 1.19 bits per heavy atom. The van der Waals surface area contributed by atoms with Gasteiger partial charge in [0.25, 0.3) is 0 Å². The van der Waals surface area contributed by atoms with E-state index in [2.05, 4.69) is 32.0 Å². The third kappa shape index (κ3) is 4.26. The minimum Gasteiger partial charge on any atom is -0.354 e. The third-order valence-electron chi connectivity index (χ3n) is 6.59. The molecule has 6 nitrogen and oxygen atoms in total. The van der Waals surface area contributed by atoms with Gasteiger partial charge in [-0.05, 0) is 45.1 Å². The molecule has 4 rings (SSSR count). The van der Waals surface area contributed by atoms with Crippen molar-refractivity contribution >= 4 is 11.9 Å². The van der Waals surface area contributed by atoms with Crippen LogP contribution in [0.4, 0.5) is 5.95 Å². The average molecular weight is 372 g/mol. The highest BCUT2D eigenvalue weighted by Gasteiger charge is 2.44. The van der Waals surface area contributed by atoms with Crippen molar-refractivity contribution in [3.8, 4) is 0 Å². The second kappa shape index (κ2) is 8.13. The smallest absolute Gasteiger partial charge is 0.225 e. The molecule has 148 valence electrons. The zero-order valence-corrected chi connectivity index (χ0v) is 16.6. The minimum absolute atomic E-state index is 0.307. The largest absolute Gasteiger partial charge is 0.354 e. The fourth-order valence-electron chi connectivity index (χ4n) is 4.84. The molecule has 0 unspecified atom stereocenters. The van der Waals surface area contributed by atoms with E-state index in [1.165, 1.54) is 31.2 Å². The van der Waals surface area contributed by atoms with E-state index < -0.39 is 0 Å². The first kappa shape index (κ1) is 18.7. The number of hydrogen-bond acceptors (Lipinski definition) is 5. The monoisotopic (exact) mass is 371 g/mol. The molecular formula is C21H33N5O. The molecule has 1 aromatic heterocycles. The number of nitrogens with one attached hydrogen (secondary N) is 1. The van der Waals surface area contributed by atoms with Gasteiger partial charge < -0.3 is 10.2 Å². The molecule has 3 heterocycles. The van der Waals surface area contributed by atoms with E-state index in [0.29, 0.717) is 17.2 Å². The van der Waals surface area contributed by atoms with E-state index in [0.717, 1.165) is 64.5 Å². The molecule has 1 aromatic rings. The van der Waals surface area contributed by atoms with Gasteiger partial charge in [-0.15, -0.1) is 0 Å². The SMILES string of the molecule is CCCNc1ncc(CN2CCC[C@]3(CCN(C(=O)C4CCC4)C3)C2)cn1. The topological polar surface area (TPSA) is 61.4 Å². The van der Waals surface area contributed by atoms with Crippen LogP contribution in [0.3, 0.4) is 0 Å². The summed E-state index contributed by atoms with van der Waals surface area (Å²) in [6, 6.07) is 0. The van der Waals surface area contributed by atoms with Crippen LogP contribution in [0.25, 0.3) is 0 Å². The number of rotatable bonds is 6. The second-order valence-corrected chi connectivity index (χ2v) is 8.79. The second-order valence-electron chi connectivity index (χ2n) is 8.79. The molecule has 1 aliphatic carbocycles. The number of amides is 1. The molecule has 27 heavy (non-hydrogen) atoms. The number of hydrogen-bond donors (Lipinski definition) is 1. The maximum Gasteiger partial charge on any atom is 0.225 e. The predicted molar refractivity (Wildman–Crippen MR) is 106 cm³/mol. The number of likely N-dealkylation sites (tertiary alicyclic amines) is 2. The van der Waals surface area contributed by atoms with E-state index >= 15 is 0 Å². The van der Waals surface area contributed by atoms with Crippen LogP contribution in [-0.2, 0) is 11.3 Å². The summed E-state index contributed by atoms with van der Waals surface area (Å²) < 4.78 is 0. The Labute approximate surface area is 162 Å². The van der Waals surface area contributed by atoms with Crippen molar-refractivity contribution < 1.29 is 4.79 Å². The Morgan fingerprint density at radius 2 is 2.00 bits per heavy atom. The number of aromatic nitrogens is 2. The first-order valence-electron chi connectivity index (χ1n) is 10.7. The number of carbonyl (C=O) groups excluding carboxylic acids is 1. The highest BCUT2D eigenvalue weighted by Crippen LogP contribution is 2.41. The normalized spacial score (nSPS) is 26.3. The van der Waals surface area contributed by atoms with Crippen LogP contribution in [0.1, 0.15) is 57.4 Å². The van der Waals surface area contributed by atoms with Gasteiger partial charge in [-0.2, -0.15) is 0 Å². The summed E-state index contributed by atoms with van der Waals surface area (Å²) in [6.45, 7) is 8.11. The van der Waals surface area contributed by atoms with Crippen molar-refractivity contribution in [2.45, 2.75) is 58.4 Å². The molecule has 6 heteroatoms. The first-order valence-corrected chi connectivity index (χ1v) is 10.7. The summed E-state index contributed by atoms with van der Waals surface area (Å²) in [4.78, 5) is 26.2. The van der Waals surface area contributed by atoms with Gasteiger partial charge in [-0.3, -0.25) is 9.69 Å². The molecule has 0 aromatic carbocycles. The fraction of sp³-hybridized carbons (Fsp3) is 0.762. The van der Waals surface area contributed by atoms with Gasteiger partial charge in [-0.1, -0.05) is 13.3 Å². The van der Waals surface area contributed by atoms with Gasteiger partial charge in [0, 0.05) is 62.0 Å². The Morgan fingerprint density at radius 3 is 2.70 bits per heavy atom. The molecule has 1 saturated carbocycles. The number of piperidine rings is 1. The molecule has 2 aliphatic heterocycles. The Hall–Kier alpha value is -1.69. The van der Waals surface area contributed by atoms with Crippen molar-refractivity contribution in [3.05, 3.63) is 18.0 Å². The van der Waals surface area contributed by atoms with Crippen LogP contribution in [0, 0.1) is 11.3 Å². The van der Waals surface area contributed by atoms with Crippen LogP contribution >= 0.6 is 0 Å². The van der Waals surface area contributed by atoms with Gasteiger partial charge in [0.05, 0.1) is 0 Å². The lowest BCUT2D eigenvalue weighted by Crippen LogP contribution is -2.46. The molecule has 0 radical (unpaired) electrons. The van der Waals surface area contributed by atoms with Crippen LogP contribution in [0.15, 0.2) is 12.4 Å². The Balaban J connectivity index is 1.32. The van der Waals surface area contributed by atoms with E-state index in [1.807, 2.05) is 12.4 Å².